The summed E-state index contributed by atoms with van der Waals surface area (Å²) in [5.74, 6) is -0.0247. The van der Waals surface area contributed by atoms with Crippen LogP contribution < -0.4 is 31.4 Å². The van der Waals surface area contributed by atoms with E-state index >= 15 is 0 Å². The lowest BCUT2D eigenvalue weighted by molar-refractivity contribution is -0.119. The van der Waals surface area contributed by atoms with Gasteiger partial charge in [0.25, 0.3) is 11.5 Å². The molecule has 0 spiro atoms. The Labute approximate surface area is 171 Å². The lowest BCUT2D eigenvalue weighted by atomic mass is 10.2. The Morgan fingerprint density at radius 3 is 2.52 bits per heavy atom. The Morgan fingerprint density at radius 2 is 1.93 bits per heavy atom. The van der Waals surface area contributed by atoms with Gasteiger partial charge in [-0.15, -0.1) is 0 Å². The monoisotopic (exact) mass is 421 g/mol. The first kappa shape index (κ1) is 22.1. The summed E-state index contributed by atoms with van der Waals surface area (Å²) in [6.45, 7) is 3.69. The average molecular weight is 421 g/mol. The summed E-state index contributed by atoms with van der Waals surface area (Å²) in [4.78, 5) is 43.1. The number of aromatic nitrogens is 2. The van der Waals surface area contributed by atoms with Gasteiger partial charge in [0.15, 0.2) is 22.5 Å². The Bertz CT molecular complexity index is 960. The van der Waals surface area contributed by atoms with E-state index in [1.165, 1.54) is 26.4 Å². The van der Waals surface area contributed by atoms with E-state index < -0.39 is 11.5 Å². The number of rotatable bonds is 8. The number of carbonyl (C=O) groups is 2. The summed E-state index contributed by atoms with van der Waals surface area (Å²) in [5.41, 5.74) is 5.27. The van der Waals surface area contributed by atoms with Crippen LogP contribution in [0.3, 0.4) is 0 Å². The highest BCUT2D eigenvalue weighted by atomic mass is 32.2. The number of hydrogen-bond donors (Lipinski definition) is 4. The first-order valence-electron chi connectivity index (χ1n) is 8.60. The third-order valence-corrected chi connectivity index (χ3v) is 4.47. The molecule has 1 heterocycles. The number of nitrogens with two attached hydrogens (primary N) is 1. The maximum atomic E-state index is 12.5. The fourth-order valence-corrected chi connectivity index (χ4v) is 3.00. The molecule has 156 valence electrons. The van der Waals surface area contributed by atoms with Gasteiger partial charge >= 0.3 is 0 Å². The van der Waals surface area contributed by atoms with Crippen molar-refractivity contribution in [2.24, 2.45) is 0 Å². The number of aromatic amines is 1. The van der Waals surface area contributed by atoms with E-state index in [0.717, 1.165) is 11.8 Å². The molecule has 0 aliphatic rings. The second-order valence-corrected chi connectivity index (χ2v) is 7.13. The number of benzene rings is 1. The van der Waals surface area contributed by atoms with Gasteiger partial charge in [-0.2, -0.15) is 0 Å². The standard InChI is InChI=1S/C18H23N5O5S/c1-9(2)20-13(24)8-29-18-22-15(19)14(17(26)23-18)21-16(25)10-5-6-11(27-3)12(7-10)28-4/h5-7,9H,8H2,1-4H3,(H,20,24)(H,21,25)(H3,19,22,23,26). The summed E-state index contributed by atoms with van der Waals surface area (Å²) < 4.78 is 10.3. The molecule has 11 heteroatoms. The largest absolute Gasteiger partial charge is 0.493 e. The molecule has 0 radical (unpaired) electrons. The van der Waals surface area contributed by atoms with E-state index in [1.807, 2.05) is 13.8 Å². The van der Waals surface area contributed by atoms with Crippen LogP contribution in [0.25, 0.3) is 0 Å². The molecule has 2 amide bonds. The van der Waals surface area contributed by atoms with E-state index in [2.05, 4.69) is 20.6 Å². The van der Waals surface area contributed by atoms with Crippen LogP contribution in [0.1, 0.15) is 24.2 Å². The third kappa shape index (κ3) is 5.88. The molecule has 0 saturated carbocycles. The smallest absolute Gasteiger partial charge is 0.277 e. The fourth-order valence-electron chi connectivity index (χ4n) is 2.32. The normalized spacial score (nSPS) is 10.5. The van der Waals surface area contributed by atoms with Crippen molar-refractivity contribution < 1.29 is 19.1 Å². The zero-order valence-corrected chi connectivity index (χ0v) is 17.3. The van der Waals surface area contributed by atoms with E-state index in [-0.39, 0.29) is 39.9 Å². The van der Waals surface area contributed by atoms with Crippen molar-refractivity contribution in [2.45, 2.75) is 25.0 Å². The van der Waals surface area contributed by atoms with Gasteiger partial charge in [0.2, 0.25) is 5.91 Å². The molecule has 0 aliphatic heterocycles. The number of ether oxygens (including phenoxy) is 2. The molecule has 0 aliphatic carbocycles. The molecule has 0 atom stereocenters. The Balaban J connectivity index is 2.14. The maximum Gasteiger partial charge on any atom is 0.277 e. The van der Waals surface area contributed by atoms with Crippen LogP contribution in [0.15, 0.2) is 28.2 Å². The summed E-state index contributed by atoms with van der Waals surface area (Å²) in [5, 5.41) is 5.35. The van der Waals surface area contributed by atoms with Crippen molar-refractivity contribution in [1.29, 1.82) is 0 Å². The lowest BCUT2D eigenvalue weighted by Crippen LogP contribution is -2.31. The van der Waals surface area contributed by atoms with Gasteiger partial charge in [0, 0.05) is 11.6 Å². The van der Waals surface area contributed by atoms with Gasteiger partial charge in [-0.3, -0.25) is 19.4 Å². The second kappa shape index (κ2) is 9.82. The molecule has 2 rings (SSSR count). The number of hydrogen-bond acceptors (Lipinski definition) is 8. The fraction of sp³-hybridized carbons (Fsp3) is 0.333. The van der Waals surface area contributed by atoms with Crippen LogP contribution >= 0.6 is 11.8 Å². The highest BCUT2D eigenvalue weighted by Gasteiger charge is 2.16. The quantitative estimate of drug-likeness (QED) is 0.367. The summed E-state index contributed by atoms with van der Waals surface area (Å²) in [7, 11) is 2.93. The summed E-state index contributed by atoms with van der Waals surface area (Å²) in [6.07, 6.45) is 0. The number of amides is 2. The maximum absolute atomic E-state index is 12.5. The third-order valence-electron chi connectivity index (χ3n) is 3.60. The molecule has 5 N–H and O–H groups in total. The first-order chi connectivity index (χ1) is 13.7. The van der Waals surface area contributed by atoms with Gasteiger partial charge in [-0.05, 0) is 32.0 Å². The number of thioether (sulfide) groups is 1. The van der Waals surface area contributed by atoms with E-state index in [0.29, 0.717) is 11.5 Å². The molecular formula is C18H23N5O5S. The van der Waals surface area contributed by atoms with Gasteiger partial charge in [-0.25, -0.2) is 4.98 Å². The number of H-pyrrole nitrogens is 1. The number of nitrogens with zero attached hydrogens (tertiary/aromatic N) is 1. The van der Waals surface area contributed by atoms with Gasteiger partial charge in [0.05, 0.1) is 20.0 Å². The SMILES string of the molecule is COc1ccc(C(=O)Nc2c(N)nc(SCC(=O)NC(C)C)[nH]c2=O)cc1OC. The first-order valence-corrected chi connectivity index (χ1v) is 9.59. The number of carbonyl (C=O) groups excluding carboxylic acids is 2. The molecule has 0 saturated heterocycles. The zero-order chi connectivity index (χ0) is 21.6. The van der Waals surface area contributed by atoms with Gasteiger partial charge < -0.3 is 25.8 Å². The van der Waals surface area contributed by atoms with Crippen molar-refractivity contribution in [3.8, 4) is 11.5 Å². The second-order valence-electron chi connectivity index (χ2n) is 6.17. The van der Waals surface area contributed by atoms with Crippen LogP contribution in [-0.4, -0.2) is 47.8 Å². The molecule has 10 nitrogen and oxygen atoms in total. The predicted octanol–water partition coefficient (Wildman–Crippen LogP) is 1.24. The number of nitrogens with one attached hydrogen (secondary N) is 3. The van der Waals surface area contributed by atoms with Gasteiger partial charge in [0.1, 0.15) is 5.69 Å². The number of anilines is 2. The highest BCUT2D eigenvalue weighted by Crippen LogP contribution is 2.28. The Morgan fingerprint density at radius 1 is 1.24 bits per heavy atom. The minimum Gasteiger partial charge on any atom is -0.493 e. The van der Waals surface area contributed by atoms with Gasteiger partial charge in [-0.1, -0.05) is 11.8 Å². The van der Waals surface area contributed by atoms with Crippen LogP contribution in [0.2, 0.25) is 0 Å². The van der Waals surface area contributed by atoms with E-state index in [9.17, 15) is 14.4 Å². The van der Waals surface area contributed by atoms with Crippen molar-refractivity contribution in [2.75, 3.05) is 31.0 Å². The molecule has 1 aromatic carbocycles. The van der Waals surface area contributed by atoms with Crippen molar-refractivity contribution >= 4 is 35.1 Å². The predicted molar refractivity (Wildman–Crippen MR) is 111 cm³/mol. The number of nitrogen functional groups attached to an aromatic ring is 1. The van der Waals surface area contributed by atoms with Crippen LogP contribution in [0.5, 0.6) is 11.5 Å². The Kier molecular flexibility index (Phi) is 7.48. The topological polar surface area (TPSA) is 148 Å². The van der Waals surface area contributed by atoms with Crippen LogP contribution in [-0.2, 0) is 4.79 Å². The zero-order valence-electron chi connectivity index (χ0n) is 16.5. The van der Waals surface area contributed by atoms with Crippen molar-refractivity contribution in [1.82, 2.24) is 15.3 Å². The van der Waals surface area contributed by atoms with Crippen LogP contribution in [0, 0.1) is 0 Å². The lowest BCUT2D eigenvalue weighted by Gasteiger charge is -2.11. The number of methoxy groups -OCH3 is 2. The van der Waals surface area contributed by atoms with Crippen molar-refractivity contribution in [3.63, 3.8) is 0 Å². The highest BCUT2D eigenvalue weighted by molar-refractivity contribution is 7.99. The molecule has 0 bridgehead atoms. The van der Waals surface area contributed by atoms with E-state index in [4.69, 9.17) is 15.2 Å². The molecule has 0 fully saturated rings. The summed E-state index contributed by atoms with van der Waals surface area (Å²) in [6, 6.07) is 4.58. The minimum absolute atomic E-state index is 0.00865. The Hall–Kier alpha value is -3.21. The molecule has 1 aromatic heterocycles. The minimum atomic E-state index is -0.627. The molecule has 29 heavy (non-hydrogen) atoms. The molecule has 2 aromatic rings. The molecule has 0 unspecified atom stereocenters. The average Bonchev–Trinajstić information content (AvgIpc) is 2.67. The van der Waals surface area contributed by atoms with E-state index in [1.54, 1.807) is 6.07 Å². The molecular weight excluding hydrogens is 398 g/mol. The van der Waals surface area contributed by atoms with Crippen molar-refractivity contribution in [3.05, 3.63) is 34.1 Å². The van der Waals surface area contributed by atoms with Crippen LogP contribution in [0.4, 0.5) is 11.5 Å². The summed E-state index contributed by atoms with van der Waals surface area (Å²) >= 11 is 1.03.